The van der Waals surface area contributed by atoms with Gasteiger partial charge in [0.25, 0.3) is 0 Å². The van der Waals surface area contributed by atoms with Gasteiger partial charge in [0, 0.05) is 20.5 Å². The standard InChI is InChI=1S/C15H21NO3/c1-11-14(8-9-18-11)19-13-6-4-12(5-7-13)10-15(17)16(2)3/h4-7,11,14H,8-10H2,1-3H3. The van der Waals surface area contributed by atoms with Crippen molar-refractivity contribution in [3.05, 3.63) is 29.8 Å². The predicted molar refractivity (Wildman–Crippen MR) is 73.3 cm³/mol. The number of amides is 1. The summed E-state index contributed by atoms with van der Waals surface area (Å²) < 4.78 is 11.3. The van der Waals surface area contributed by atoms with E-state index >= 15 is 0 Å². The van der Waals surface area contributed by atoms with E-state index < -0.39 is 0 Å². The van der Waals surface area contributed by atoms with Crippen LogP contribution in [0.25, 0.3) is 0 Å². The molecule has 1 aliphatic heterocycles. The fourth-order valence-corrected chi connectivity index (χ4v) is 2.06. The van der Waals surface area contributed by atoms with Crippen LogP contribution in [-0.2, 0) is 16.0 Å². The normalized spacial score (nSPS) is 22.3. The van der Waals surface area contributed by atoms with Crippen molar-refractivity contribution < 1.29 is 14.3 Å². The van der Waals surface area contributed by atoms with Crippen LogP contribution in [0.4, 0.5) is 0 Å². The van der Waals surface area contributed by atoms with Crippen molar-refractivity contribution in [3.63, 3.8) is 0 Å². The average molecular weight is 263 g/mol. The molecule has 4 nitrogen and oxygen atoms in total. The van der Waals surface area contributed by atoms with Crippen LogP contribution in [0.5, 0.6) is 5.75 Å². The topological polar surface area (TPSA) is 38.8 Å². The molecule has 0 aromatic heterocycles. The molecule has 1 amide bonds. The van der Waals surface area contributed by atoms with E-state index in [-0.39, 0.29) is 18.1 Å². The number of carbonyl (C=O) groups is 1. The zero-order chi connectivity index (χ0) is 13.8. The van der Waals surface area contributed by atoms with Gasteiger partial charge in [-0.15, -0.1) is 0 Å². The maximum absolute atomic E-state index is 11.6. The Hall–Kier alpha value is -1.55. The first-order chi connectivity index (χ1) is 9.06. The van der Waals surface area contributed by atoms with Gasteiger partial charge in [-0.25, -0.2) is 0 Å². The van der Waals surface area contributed by atoms with E-state index in [0.717, 1.165) is 24.3 Å². The first-order valence-corrected chi connectivity index (χ1v) is 6.63. The van der Waals surface area contributed by atoms with Gasteiger partial charge in [-0.3, -0.25) is 4.79 Å². The van der Waals surface area contributed by atoms with Gasteiger partial charge in [0.2, 0.25) is 5.91 Å². The second-order valence-electron chi connectivity index (χ2n) is 5.13. The molecular formula is C15H21NO3. The monoisotopic (exact) mass is 263 g/mol. The molecule has 104 valence electrons. The van der Waals surface area contributed by atoms with Crippen molar-refractivity contribution in [2.75, 3.05) is 20.7 Å². The van der Waals surface area contributed by atoms with E-state index in [1.54, 1.807) is 19.0 Å². The van der Waals surface area contributed by atoms with E-state index in [0.29, 0.717) is 6.42 Å². The molecule has 19 heavy (non-hydrogen) atoms. The number of nitrogens with zero attached hydrogens (tertiary/aromatic N) is 1. The Morgan fingerprint density at radius 1 is 1.37 bits per heavy atom. The average Bonchev–Trinajstić information content (AvgIpc) is 2.77. The van der Waals surface area contributed by atoms with E-state index in [2.05, 4.69) is 0 Å². The van der Waals surface area contributed by atoms with Gasteiger partial charge in [-0.05, 0) is 24.6 Å². The second kappa shape index (κ2) is 6.06. The third-order valence-corrected chi connectivity index (χ3v) is 3.37. The van der Waals surface area contributed by atoms with Crippen LogP contribution in [0.2, 0.25) is 0 Å². The molecule has 1 fully saturated rings. The second-order valence-corrected chi connectivity index (χ2v) is 5.13. The quantitative estimate of drug-likeness (QED) is 0.832. The smallest absolute Gasteiger partial charge is 0.226 e. The fourth-order valence-electron chi connectivity index (χ4n) is 2.06. The highest BCUT2D eigenvalue weighted by molar-refractivity contribution is 5.78. The Labute approximate surface area is 114 Å². The summed E-state index contributed by atoms with van der Waals surface area (Å²) in [6.45, 7) is 2.79. The summed E-state index contributed by atoms with van der Waals surface area (Å²) >= 11 is 0. The number of benzene rings is 1. The molecule has 0 aliphatic carbocycles. The van der Waals surface area contributed by atoms with Crippen LogP contribution >= 0.6 is 0 Å². The first kappa shape index (κ1) is 13.9. The van der Waals surface area contributed by atoms with Crippen LogP contribution < -0.4 is 4.74 Å². The lowest BCUT2D eigenvalue weighted by molar-refractivity contribution is -0.127. The molecule has 1 saturated heterocycles. The lowest BCUT2D eigenvalue weighted by Crippen LogP contribution is -2.24. The number of hydrogen-bond donors (Lipinski definition) is 0. The zero-order valence-corrected chi connectivity index (χ0v) is 11.8. The third-order valence-electron chi connectivity index (χ3n) is 3.37. The van der Waals surface area contributed by atoms with Crippen molar-refractivity contribution in [2.45, 2.75) is 32.0 Å². The summed E-state index contributed by atoms with van der Waals surface area (Å²) in [4.78, 5) is 13.2. The molecule has 0 N–H and O–H groups in total. The van der Waals surface area contributed by atoms with Crippen LogP contribution in [-0.4, -0.2) is 43.7 Å². The van der Waals surface area contributed by atoms with Crippen LogP contribution in [0.3, 0.4) is 0 Å². The van der Waals surface area contributed by atoms with Crippen LogP contribution in [0.15, 0.2) is 24.3 Å². The van der Waals surface area contributed by atoms with E-state index in [1.807, 2.05) is 31.2 Å². The lowest BCUT2D eigenvalue weighted by Gasteiger charge is -2.17. The molecule has 2 atom stereocenters. The molecule has 2 rings (SSSR count). The Kier molecular flexibility index (Phi) is 4.43. The predicted octanol–water partition coefficient (Wildman–Crippen LogP) is 1.87. The Bertz CT molecular complexity index is 428. The number of rotatable bonds is 4. The summed E-state index contributed by atoms with van der Waals surface area (Å²) in [6, 6.07) is 7.72. The van der Waals surface area contributed by atoms with Gasteiger partial charge < -0.3 is 14.4 Å². The van der Waals surface area contributed by atoms with Crippen LogP contribution in [0, 0.1) is 0 Å². The molecular weight excluding hydrogens is 242 g/mol. The van der Waals surface area contributed by atoms with Gasteiger partial charge in [0.15, 0.2) is 0 Å². The molecule has 0 saturated carbocycles. The summed E-state index contributed by atoms with van der Waals surface area (Å²) in [5.41, 5.74) is 1.00. The van der Waals surface area contributed by atoms with Gasteiger partial charge in [0.05, 0.1) is 19.1 Å². The molecule has 0 bridgehead atoms. The van der Waals surface area contributed by atoms with Crippen molar-refractivity contribution in [1.29, 1.82) is 0 Å². The molecule has 1 heterocycles. The third kappa shape index (κ3) is 3.70. The maximum Gasteiger partial charge on any atom is 0.226 e. The summed E-state index contributed by atoms with van der Waals surface area (Å²) in [5, 5.41) is 0. The highest BCUT2D eigenvalue weighted by Gasteiger charge is 2.25. The highest BCUT2D eigenvalue weighted by atomic mass is 16.6. The first-order valence-electron chi connectivity index (χ1n) is 6.63. The number of ether oxygens (including phenoxy) is 2. The van der Waals surface area contributed by atoms with Gasteiger partial charge in [0.1, 0.15) is 11.9 Å². The Morgan fingerprint density at radius 3 is 2.58 bits per heavy atom. The number of likely N-dealkylation sites (N-methyl/N-ethyl adjacent to an activating group) is 1. The minimum Gasteiger partial charge on any atom is -0.488 e. The SMILES string of the molecule is CC1OCCC1Oc1ccc(CC(=O)N(C)C)cc1. The van der Waals surface area contributed by atoms with E-state index in [9.17, 15) is 4.79 Å². The van der Waals surface area contributed by atoms with Crippen molar-refractivity contribution >= 4 is 5.91 Å². The van der Waals surface area contributed by atoms with Crippen molar-refractivity contribution in [3.8, 4) is 5.75 Å². The summed E-state index contributed by atoms with van der Waals surface area (Å²) in [7, 11) is 3.53. The van der Waals surface area contributed by atoms with E-state index in [4.69, 9.17) is 9.47 Å². The number of hydrogen-bond acceptors (Lipinski definition) is 3. The summed E-state index contributed by atoms with van der Waals surface area (Å²) in [6.07, 6.45) is 1.64. The molecule has 4 heteroatoms. The molecule has 1 aromatic rings. The Morgan fingerprint density at radius 2 is 2.05 bits per heavy atom. The molecule has 1 aromatic carbocycles. The molecule has 1 aliphatic rings. The van der Waals surface area contributed by atoms with Gasteiger partial charge in [-0.2, -0.15) is 0 Å². The van der Waals surface area contributed by atoms with Gasteiger partial charge in [-0.1, -0.05) is 12.1 Å². The van der Waals surface area contributed by atoms with Crippen molar-refractivity contribution in [2.24, 2.45) is 0 Å². The van der Waals surface area contributed by atoms with Crippen molar-refractivity contribution in [1.82, 2.24) is 4.90 Å². The lowest BCUT2D eigenvalue weighted by atomic mass is 10.1. The van der Waals surface area contributed by atoms with Crippen LogP contribution in [0.1, 0.15) is 18.9 Å². The molecule has 0 spiro atoms. The number of carbonyl (C=O) groups excluding carboxylic acids is 1. The van der Waals surface area contributed by atoms with Gasteiger partial charge >= 0.3 is 0 Å². The maximum atomic E-state index is 11.6. The van der Waals surface area contributed by atoms with E-state index in [1.165, 1.54) is 0 Å². The molecule has 0 radical (unpaired) electrons. The largest absolute Gasteiger partial charge is 0.488 e. The fraction of sp³-hybridized carbons (Fsp3) is 0.533. The minimum atomic E-state index is 0.103. The summed E-state index contributed by atoms with van der Waals surface area (Å²) in [5.74, 6) is 0.940. The molecule has 2 unspecified atom stereocenters. The Balaban J connectivity index is 1.93. The highest BCUT2D eigenvalue weighted by Crippen LogP contribution is 2.21. The zero-order valence-electron chi connectivity index (χ0n) is 11.8. The minimum absolute atomic E-state index is 0.103.